The Labute approximate surface area is 80.7 Å². The first-order chi connectivity index (χ1) is 6.32. The van der Waals surface area contributed by atoms with Gasteiger partial charge in [-0.05, 0) is 19.1 Å². The second kappa shape index (κ2) is 3.39. The number of carbonyl (C=O) groups is 1. The molecule has 0 unspecified atom stereocenters. The maximum Gasteiger partial charge on any atom is 0.336 e. The summed E-state index contributed by atoms with van der Waals surface area (Å²) in [6.45, 7) is 1.60. The maximum absolute atomic E-state index is 10.7. The van der Waals surface area contributed by atoms with Crippen LogP contribution in [0.25, 0.3) is 0 Å². The van der Waals surface area contributed by atoms with Gasteiger partial charge < -0.3 is 9.66 Å². The van der Waals surface area contributed by atoms with E-state index in [1.54, 1.807) is 6.92 Å². The molecule has 1 aromatic carbocycles. The average Bonchev–Trinajstić information content (AvgIpc) is 2.01. The molecule has 0 fully saturated rings. The molecule has 0 radical (unpaired) electrons. The maximum atomic E-state index is 10.7. The van der Waals surface area contributed by atoms with E-state index in [1.807, 2.05) is 0 Å². The fraction of sp³-hybridized carbons (Fsp3) is 0.125. The van der Waals surface area contributed by atoms with Crippen molar-refractivity contribution in [3.8, 4) is 0 Å². The second-order valence-electron chi connectivity index (χ2n) is 2.76. The van der Waals surface area contributed by atoms with Crippen LogP contribution < -0.4 is 0 Å². The number of aryl methyl sites for hydroxylation is 1. The van der Waals surface area contributed by atoms with Crippen LogP contribution in [0.3, 0.4) is 0 Å². The van der Waals surface area contributed by atoms with Crippen LogP contribution in [0.2, 0.25) is 0 Å². The lowest BCUT2D eigenvalue weighted by Gasteiger charge is -2.10. The number of rotatable bonds is 2. The summed E-state index contributed by atoms with van der Waals surface area (Å²) in [4.78, 5) is 9.92. The van der Waals surface area contributed by atoms with Gasteiger partial charge >= 0.3 is 5.97 Å². The molecule has 1 aromatic rings. The zero-order valence-electron chi connectivity index (χ0n) is 7.22. The van der Waals surface area contributed by atoms with Crippen LogP contribution in [0.15, 0.2) is 23.1 Å². The van der Waals surface area contributed by atoms with Crippen molar-refractivity contribution < 1.29 is 22.9 Å². The van der Waals surface area contributed by atoms with Crippen molar-refractivity contribution in [1.29, 1.82) is 0 Å². The Morgan fingerprint density at radius 3 is 2.43 bits per heavy atom. The Bertz CT molecular complexity index is 475. The van der Waals surface area contributed by atoms with Gasteiger partial charge in [0.15, 0.2) is 0 Å². The quantitative estimate of drug-likeness (QED) is 0.729. The minimum atomic E-state index is -4.73. The third-order valence-corrected chi connectivity index (χ3v) is 2.53. The van der Waals surface area contributed by atoms with Crippen LogP contribution in [0.5, 0.6) is 0 Å². The molecule has 0 atom stereocenters. The first kappa shape index (κ1) is 10.7. The molecule has 0 heterocycles. The van der Waals surface area contributed by atoms with Gasteiger partial charge in [0.1, 0.15) is 10.1 Å². The van der Waals surface area contributed by atoms with Crippen molar-refractivity contribution in [3.63, 3.8) is 0 Å². The molecule has 1 rings (SSSR count). The zero-order chi connectivity index (χ0) is 10.9. The Kier molecular flexibility index (Phi) is 2.59. The topological polar surface area (TPSA) is 94.5 Å². The van der Waals surface area contributed by atoms with Crippen molar-refractivity contribution in [2.75, 3.05) is 0 Å². The molecule has 14 heavy (non-hydrogen) atoms. The van der Waals surface area contributed by atoms with Gasteiger partial charge in [0.25, 0.3) is 0 Å². The highest BCUT2D eigenvalue weighted by Crippen LogP contribution is 2.16. The average molecular weight is 215 g/mol. The van der Waals surface area contributed by atoms with E-state index in [9.17, 15) is 17.8 Å². The van der Waals surface area contributed by atoms with Crippen LogP contribution in [-0.2, 0) is 10.1 Å². The third-order valence-electron chi connectivity index (χ3n) is 1.63. The second-order valence-corrected chi connectivity index (χ2v) is 4.11. The SMILES string of the molecule is Cc1ccc(S(=O)(=O)[O-])c(C(=O)O)c1. The highest BCUT2D eigenvalue weighted by molar-refractivity contribution is 7.85. The fourth-order valence-electron chi connectivity index (χ4n) is 1.03. The number of hydrogen-bond donors (Lipinski definition) is 1. The van der Waals surface area contributed by atoms with Crippen molar-refractivity contribution in [2.24, 2.45) is 0 Å². The van der Waals surface area contributed by atoms with Crippen molar-refractivity contribution in [2.45, 2.75) is 11.8 Å². The van der Waals surface area contributed by atoms with E-state index in [1.165, 1.54) is 6.07 Å². The summed E-state index contributed by atoms with van der Waals surface area (Å²) in [6.07, 6.45) is 0. The molecule has 0 aliphatic carbocycles. The van der Waals surface area contributed by atoms with Gasteiger partial charge in [-0.2, -0.15) is 0 Å². The summed E-state index contributed by atoms with van der Waals surface area (Å²) >= 11 is 0. The summed E-state index contributed by atoms with van der Waals surface area (Å²) in [7, 11) is -4.73. The van der Waals surface area contributed by atoms with Gasteiger partial charge in [0.05, 0.1) is 10.5 Å². The molecule has 76 valence electrons. The van der Waals surface area contributed by atoms with E-state index >= 15 is 0 Å². The Hall–Kier alpha value is -1.40. The van der Waals surface area contributed by atoms with Crippen molar-refractivity contribution in [1.82, 2.24) is 0 Å². The molecule has 0 aromatic heterocycles. The van der Waals surface area contributed by atoms with Crippen LogP contribution >= 0.6 is 0 Å². The van der Waals surface area contributed by atoms with Crippen LogP contribution in [-0.4, -0.2) is 24.0 Å². The molecule has 0 aliphatic rings. The standard InChI is InChI=1S/C8H8O5S/c1-5-2-3-7(14(11,12)13)6(4-5)8(9)10/h2-4H,1H3,(H,9,10)(H,11,12,13)/p-1. The molecule has 6 heteroatoms. The minimum Gasteiger partial charge on any atom is -0.744 e. The molecule has 0 saturated heterocycles. The van der Waals surface area contributed by atoms with E-state index in [0.717, 1.165) is 12.1 Å². The number of benzene rings is 1. The Balaban J connectivity index is 3.53. The molecule has 5 nitrogen and oxygen atoms in total. The largest absolute Gasteiger partial charge is 0.744 e. The normalized spacial score (nSPS) is 11.3. The number of aromatic carboxylic acids is 1. The summed E-state index contributed by atoms with van der Waals surface area (Å²) in [5.74, 6) is -1.43. The molecule has 0 amide bonds. The lowest BCUT2D eigenvalue weighted by Crippen LogP contribution is -2.08. The van der Waals surface area contributed by atoms with Gasteiger partial charge in [-0.25, -0.2) is 13.2 Å². The summed E-state index contributed by atoms with van der Waals surface area (Å²) in [5.41, 5.74) is 0.0924. The monoisotopic (exact) mass is 215 g/mol. The fourth-order valence-corrected chi connectivity index (χ4v) is 1.68. The Morgan fingerprint density at radius 2 is 2.00 bits per heavy atom. The Morgan fingerprint density at radius 1 is 1.43 bits per heavy atom. The van der Waals surface area contributed by atoms with Crippen LogP contribution in [0.1, 0.15) is 15.9 Å². The third kappa shape index (κ3) is 2.09. The van der Waals surface area contributed by atoms with E-state index in [2.05, 4.69) is 0 Å². The molecule has 0 bridgehead atoms. The number of hydrogen-bond acceptors (Lipinski definition) is 4. The minimum absolute atomic E-state index is 0.486. The van der Waals surface area contributed by atoms with E-state index in [0.29, 0.717) is 5.56 Å². The lowest BCUT2D eigenvalue weighted by molar-refractivity contribution is 0.0692. The molecule has 0 aliphatic heterocycles. The van der Waals surface area contributed by atoms with Crippen LogP contribution in [0.4, 0.5) is 0 Å². The van der Waals surface area contributed by atoms with Crippen LogP contribution in [0, 0.1) is 6.92 Å². The molecular formula is C8H7O5S-. The molecule has 1 N–H and O–H groups in total. The molecule has 0 saturated carbocycles. The van der Waals surface area contributed by atoms with Gasteiger partial charge in [-0.1, -0.05) is 11.6 Å². The summed E-state index contributed by atoms with van der Waals surface area (Å²) in [5, 5.41) is 8.65. The van der Waals surface area contributed by atoms with Gasteiger partial charge in [-0.3, -0.25) is 0 Å². The lowest BCUT2D eigenvalue weighted by atomic mass is 10.1. The number of carboxylic acids is 1. The highest BCUT2D eigenvalue weighted by Gasteiger charge is 2.14. The summed E-state index contributed by atoms with van der Waals surface area (Å²) in [6, 6.07) is 3.52. The smallest absolute Gasteiger partial charge is 0.336 e. The predicted molar refractivity (Wildman–Crippen MR) is 46.1 cm³/mol. The summed E-state index contributed by atoms with van der Waals surface area (Å²) < 4.78 is 32.0. The zero-order valence-corrected chi connectivity index (χ0v) is 8.04. The molecule has 0 spiro atoms. The van der Waals surface area contributed by atoms with E-state index in [-0.39, 0.29) is 0 Å². The van der Waals surface area contributed by atoms with E-state index in [4.69, 9.17) is 5.11 Å². The van der Waals surface area contributed by atoms with Gasteiger partial charge in [0, 0.05) is 0 Å². The van der Waals surface area contributed by atoms with Gasteiger partial charge in [0.2, 0.25) is 0 Å². The first-order valence-corrected chi connectivity index (χ1v) is 5.03. The van der Waals surface area contributed by atoms with E-state index < -0.39 is 26.5 Å². The first-order valence-electron chi connectivity index (χ1n) is 3.62. The van der Waals surface area contributed by atoms with Crippen molar-refractivity contribution in [3.05, 3.63) is 29.3 Å². The number of carboxylic acid groups (broad SMARTS) is 1. The highest BCUT2D eigenvalue weighted by atomic mass is 32.2. The van der Waals surface area contributed by atoms with Gasteiger partial charge in [-0.15, -0.1) is 0 Å². The predicted octanol–water partition coefficient (Wildman–Crippen LogP) is 0.597. The van der Waals surface area contributed by atoms with Crippen molar-refractivity contribution >= 4 is 16.1 Å². The molecular weight excluding hydrogens is 208 g/mol.